The minimum atomic E-state index is 0.264. The van der Waals surface area contributed by atoms with Crippen molar-refractivity contribution in [1.82, 2.24) is 4.90 Å². The van der Waals surface area contributed by atoms with Gasteiger partial charge >= 0.3 is 0 Å². The summed E-state index contributed by atoms with van der Waals surface area (Å²) in [6, 6.07) is 4.18. The van der Waals surface area contributed by atoms with Gasteiger partial charge in [-0.05, 0) is 43.0 Å². The van der Waals surface area contributed by atoms with Crippen molar-refractivity contribution >= 4 is 17.2 Å². The summed E-state index contributed by atoms with van der Waals surface area (Å²) < 4.78 is 0. The number of piperidine rings is 1. The van der Waals surface area contributed by atoms with Crippen molar-refractivity contribution in [2.75, 3.05) is 19.7 Å². The van der Waals surface area contributed by atoms with E-state index in [1.165, 1.54) is 4.88 Å². The molecule has 3 nitrogen and oxygen atoms in total. The summed E-state index contributed by atoms with van der Waals surface area (Å²) in [5.41, 5.74) is 0. The van der Waals surface area contributed by atoms with E-state index in [2.05, 4.69) is 17.5 Å². The predicted molar refractivity (Wildman–Crippen MR) is 73.6 cm³/mol. The number of likely N-dealkylation sites (tertiary alicyclic amines) is 1. The number of aliphatic hydroxyl groups excluding tert-OH is 1. The Morgan fingerprint density at radius 1 is 1.44 bits per heavy atom. The molecule has 1 fully saturated rings. The van der Waals surface area contributed by atoms with Crippen LogP contribution in [0.15, 0.2) is 17.5 Å². The first-order valence-electron chi connectivity index (χ1n) is 6.70. The third-order valence-corrected chi connectivity index (χ3v) is 4.56. The number of aryl methyl sites for hydroxylation is 1. The third-order valence-electron chi connectivity index (χ3n) is 3.62. The van der Waals surface area contributed by atoms with Gasteiger partial charge in [-0.2, -0.15) is 0 Å². The molecule has 0 bridgehead atoms. The van der Waals surface area contributed by atoms with Crippen molar-refractivity contribution in [3.05, 3.63) is 22.4 Å². The molecule has 1 saturated heterocycles. The fourth-order valence-corrected chi connectivity index (χ4v) is 3.14. The number of aliphatic hydroxyl groups is 1. The van der Waals surface area contributed by atoms with Gasteiger partial charge < -0.3 is 10.0 Å². The van der Waals surface area contributed by atoms with E-state index in [1.807, 2.05) is 4.90 Å². The van der Waals surface area contributed by atoms with Gasteiger partial charge in [-0.3, -0.25) is 4.79 Å². The van der Waals surface area contributed by atoms with E-state index in [0.717, 1.165) is 38.8 Å². The molecule has 0 radical (unpaired) electrons. The predicted octanol–water partition coefficient (Wildman–Crippen LogP) is 2.30. The van der Waals surface area contributed by atoms with E-state index >= 15 is 0 Å². The maximum absolute atomic E-state index is 12.0. The lowest BCUT2D eigenvalue weighted by atomic mass is 9.97. The van der Waals surface area contributed by atoms with E-state index in [-0.39, 0.29) is 12.5 Å². The van der Waals surface area contributed by atoms with Crippen LogP contribution in [0.5, 0.6) is 0 Å². The lowest BCUT2D eigenvalue weighted by Crippen LogP contribution is -2.39. The number of thiophene rings is 1. The maximum Gasteiger partial charge on any atom is 0.222 e. The van der Waals surface area contributed by atoms with Crippen LogP contribution < -0.4 is 0 Å². The molecule has 1 aromatic rings. The zero-order valence-corrected chi connectivity index (χ0v) is 11.5. The van der Waals surface area contributed by atoms with Gasteiger partial charge in [0.05, 0.1) is 0 Å². The van der Waals surface area contributed by atoms with Crippen LogP contribution in [-0.4, -0.2) is 35.6 Å². The molecule has 2 rings (SSSR count). The molecule has 1 amide bonds. The SMILES string of the molecule is O=C(CCCc1cccs1)N1CCC(CO)CC1. The summed E-state index contributed by atoms with van der Waals surface area (Å²) >= 11 is 1.76. The number of amides is 1. The second-order valence-electron chi connectivity index (χ2n) is 4.94. The Kier molecular flexibility index (Phi) is 5.20. The van der Waals surface area contributed by atoms with Gasteiger partial charge in [-0.25, -0.2) is 0 Å². The first-order chi connectivity index (χ1) is 8.79. The summed E-state index contributed by atoms with van der Waals surface area (Å²) in [4.78, 5) is 15.3. The van der Waals surface area contributed by atoms with Crippen molar-refractivity contribution in [3.63, 3.8) is 0 Å². The van der Waals surface area contributed by atoms with Crippen molar-refractivity contribution in [3.8, 4) is 0 Å². The third kappa shape index (κ3) is 3.82. The van der Waals surface area contributed by atoms with Crippen molar-refractivity contribution in [1.29, 1.82) is 0 Å². The van der Waals surface area contributed by atoms with Crippen LogP contribution in [0.1, 0.15) is 30.6 Å². The second-order valence-corrected chi connectivity index (χ2v) is 5.97. The normalized spacial score (nSPS) is 17.1. The van der Waals surface area contributed by atoms with Gasteiger partial charge in [-0.15, -0.1) is 11.3 Å². The smallest absolute Gasteiger partial charge is 0.222 e. The molecule has 0 saturated carbocycles. The average molecular weight is 267 g/mol. The van der Waals surface area contributed by atoms with Crippen LogP contribution in [0, 0.1) is 5.92 Å². The number of hydrogen-bond donors (Lipinski definition) is 1. The molecule has 0 spiro atoms. The topological polar surface area (TPSA) is 40.5 Å². The molecule has 0 aliphatic carbocycles. The molecular weight excluding hydrogens is 246 g/mol. The number of carbonyl (C=O) groups is 1. The van der Waals surface area contributed by atoms with Crippen LogP contribution in [-0.2, 0) is 11.2 Å². The summed E-state index contributed by atoms with van der Waals surface area (Å²) in [6.07, 6.45) is 4.51. The highest BCUT2D eigenvalue weighted by molar-refractivity contribution is 7.09. The molecule has 0 atom stereocenters. The minimum absolute atomic E-state index is 0.264. The Morgan fingerprint density at radius 3 is 2.83 bits per heavy atom. The monoisotopic (exact) mass is 267 g/mol. The Morgan fingerprint density at radius 2 is 2.22 bits per heavy atom. The Labute approximate surface area is 112 Å². The fourth-order valence-electron chi connectivity index (χ4n) is 2.39. The molecule has 1 aliphatic heterocycles. The summed E-state index contributed by atoms with van der Waals surface area (Å²) in [6.45, 7) is 1.91. The fraction of sp³-hybridized carbons (Fsp3) is 0.643. The highest BCUT2D eigenvalue weighted by Gasteiger charge is 2.21. The largest absolute Gasteiger partial charge is 0.396 e. The lowest BCUT2D eigenvalue weighted by molar-refractivity contribution is -0.132. The van der Waals surface area contributed by atoms with Crippen molar-refractivity contribution in [2.45, 2.75) is 32.1 Å². The number of hydrogen-bond acceptors (Lipinski definition) is 3. The molecule has 0 unspecified atom stereocenters. The molecule has 18 heavy (non-hydrogen) atoms. The van der Waals surface area contributed by atoms with Gasteiger partial charge in [0.25, 0.3) is 0 Å². The van der Waals surface area contributed by atoms with E-state index < -0.39 is 0 Å². The second kappa shape index (κ2) is 6.90. The summed E-state index contributed by atoms with van der Waals surface area (Å²) in [5, 5.41) is 11.1. The first kappa shape index (κ1) is 13.6. The van der Waals surface area contributed by atoms with Gasteiger partial charge in [0.15, 0.2) is 0 Å². The summed E-state index contributed by atoms with van der Waals surface area (Å²) in [7, 11) is 0. The quantitative estimate of drug-likeness (QED) is 0.889. The van der Waals surface area contributed by atoms with Crippen molar-refractivity contribution < 1.29 is 9.90 Å². The van der Waals surface area contributed by atoms with Gasteiger partial charge in [-0.1, -0.05) is 6.07 Å². The highest BCUT2D eigenvalue weighted by atomic mass is 32.1. The standard InChI is InChI=1S/C14H21NO2S/c16-11-12-6-8-15(9-7-12)14(17)5-1-3-13-4-2-10-18-13/h2,4,10,12,16H,1,3,5-9,11H2. The minimum Gasteiger partial charge on any atom is -0.396 e. The molecule has 2 heterocycles. The first-order valence-corrected chi connectivity index (χ1v) is 7.58. The Bertz CT molecular complexity index is 356. The zero-order valence-electron chi connectivity index (χ0n) is 10.7. The van der Waals surface area contributed by atoms with Crippen LogP contribution >= 0.6 is 11.3 Å². The van der Waals surface area contributed by atoms with E-state index in [0.29, 0.717) is 12.3 Å². The van der Waals surface area contributed by atoms with E-state index in [9.17, 15) is 4.79 Å². The molecule has 1 N–H and O–H groups in total. The van der Waals surface area contributed by atoms with Crippen LogP contribution in [0.4, 0.5) is 0 Å². The Balaban J connectivity index is 1.66. The van der Waals surface area contributed by atoms with Gasteiger partial charge in [0, 0.05) is 31.0 Å². The van der Waals surface area contributed by atoms with Gasteiger partial charge in [0.1, 0.15) is 0 Å². The molecule has 1 aromatic heterocycles. The molecule has 100 valence electrons. The zero-order chi connectivity index (χ0) is 12.8. The summed E-state index contributed by atoms with van der Waals surface area (Å²) in [5.74, 6) is 0.683. The number of nitrogens with zero attached hydrogens (tertiary/aromatic N) is 1. The van der Waals surface area contributed by atoms with Crippen LogP contribution in [0.3, 0.4) is 0 Å². The molecule has 4 heteroatoms. The Hall–Kier alpha value is -0.870. The molecular formula is C14H21NO2S. The molecule has 0 aromatic carbocycles. The highest BCUT2D eigenvalue weighted by Crippen LogP contribution is 2.18. The van der Waals surface area contributed by atoms with E-state index in [1.54, 1.807) is 11.3 Å². The lowest BCUT2D eigenvalue weighted by Gasteiger charge is -2.31. The number of carbonyl (C=O) groups excluding carboxylic acids is 1. The van der Waals surface area contributed by atoms with E-state index in [4.69, 9.17) is 5.11 Å². The molecule has 1 aliphatic rings. The average Bonchev–Trinajstić information content (AvgIpc) is 2.92. The number of rotatable bonds is 5. The van der Waals surface area contributed by atoms with Crippen LogP contribution in [0.2, 0.25) is 0 Å². The van der Waals surface area contributed by atoms with Crippen molar-refractivity contribution in [2.24, 2.45) is 5.92 Å². The maximum atomic E-state index is 12.0. The van der Waals surface area contributed by atoms with Crippen LogP contribution in [0.25, 0.3) is 0 Å². The van der Waals surface area contributed by atoms with Gasteiger partial charge in [0.2, 0.25) is 5.91 Å².